The van der Waals surface area contributed by atoms with E-state index in [9.17, 15) is 0 Å². The monoisotopic (exact) mass is 321 g/mol. The van der Waals surface area contributed by atoms with Crippen LogP contribution in [0.15, 0.2) is 39.4 Å². The second kappa shape index (κ2) is 6.40. The third-order valence-electron chi connectivity index (χ3n) is 3.46. The molecule has 2 aromatic rings. The average Bonchev–Trinajstić information content (AvgIpc) is 2.81. The lowest BCUT2D eigenvalue weighted by molar-refractivity contribution is 0.443. The molecule has 102 valence electrons. The molecule has 3 heteroatoms. The van der Waals surface area contributed by atoms with Crippen molar-refractivity contribution in [1.29, 1.82) is 0 Å². The minimum absolute atomic E-state index is 0.101. The first-order chi connectivity index (χ1) is 9.15. The van der Waals surface area contributed by atoms with E-state index in [1.807, 2.05) is 6.07 Å². The molecule has 0 saturated carbocycles. The van der Waals surface area contributed by atoms with E-state index >= 15 is 0 Å². The van der Waals surface area contributed by atoms with Crippen LogP contribution >= 0.6 is 15.9 Å². The van der Waals surface area contributed by atoms with E-state index < -0.39 is 0 Å². The Labute approximate surface area is 123 Å². The van der Waals surface area contributed by atoms with Gasteiger partial charge in [0.15, 0.2) is 0 Å². The Morgan fingerprint density at radius 3 is 2.68 bits per heavy atom. The summed E-state index contributed by atoms with van der Waals surface area (Å²) in [5.41, 5.74) is 3.91. The highest BCUT2D eigenvalue weighted by molar-refractivity contribution is 9.10. The van der Waals surface area contributed by atoms with Crippen LogP contribution in [-0.4, -0.2) is 6.54 Å². The van der Waals surface area contributed by atoms with Crippen LogP contribution in [-0.2, 0) is 0 Å². The van der Waals surface area contributed by atoms with Gasteiger partial charge in [0.2, 0.25) is 0 Å². The third kappa shape index (κ3) is 3.10. The van der Waals surface area contributed by atoms with Gasteiger partial charge in [0.1, 0.15) is 5.76 Å². The number of aryl methyl sites for hydroxylation is 1. The molecule has 0 spiro atoms. The second-order valence-electron chi connectivity index (χ2n) is 4.81. The summed E-state index contributed by atoms with van der Waals surface area (Å²) in [6.07, 6.45) is 2.82. The Hall–Kier alpha value is -1.06. The van der Waals surface area contributed by atoms with E-state index in [2.05, 4.69) is 60.2 Å². The van der Waals surface area contributed by atoms with Crippen LogP contribution in [0.3, 0.4) is 0 Å². The minimum Gasteiger partial charge on any atom is -0.466 e. The van der Waals surface area contributed by atoms with Crippen LogP contribution in [0, 0.1) is 13.8 Å². The Balaban J connectivity index is 2.43. The number of hydrogen-bond donors (Lipinski definition) is 1. The van der Waals surface area contributed by atoms with Crippen LogP contribution in [0.4, 0.5) is 0 Å². The Bertz CT molecular complexity index is 547. The number of halogens is 1. The molecule has 2 nitrogen and oxygen atoms in total. The molecule has 0 saturated heterocycles. The van der Waals surface area contributed by atoms with Crippen molar-refractivity contribution in [3.8, 4) is 0 Å². The molecule has 2 rings (SSSR count). The molecule has 1 aromatic carbocycles. The van der Waals surface area contributed by atoms with Crippen molar-refractivity contribution in [2.24, 2.45) is 0 Å². The van der Waals surface area contributed by atoms with Gasteiger partial charge in [-0.05, 0) is 65.5 Å². The quantitative estimate of drug-likeness (QED) is 0.859. The molecule has 1 aromatic heterocycles. The fourth-order valence-corrected chi connectivity index (χ4v) is 2.66. The van der Waals surface area contributed by atoms with Crippen molar-refractivity contribution in [3.05, 3.63) is 57.5 Å². The van der Waals surface area contributed by atoms with Gasteiger partial charge in [-0.3, -0.25) is 0 Å². The lowest BCUT2D eigenvalue weighted by atomic mass is 9.96. The highest BCUT2D eigenvalue weighted by atomic mass is 79.9. The van der Waals surface area contributed by atoms with Crippen molar-refractivity contribution in [3.63, 3.8) is 0 Å². The van der Waals surface area contributed by atoms with Crippen LogP contribution in [0.25, 0.3) is 0 Å². The Kier molecular flexibility index (Phi) is 4.83. The fraction of sp³-hybridized carbons (Fsp3) is 0.375. The summed E-state index contributed by atoms with van der Waals surface area (Å²) in [5.74, 6) is 0.946. The number of nitrogens with one attached hydrogen (secondary N) is 1. The smallest absolute Gasteiger partial charge is 0.139 e. The molecule has 1 heterocycles. The first-order valence-electron chi connectivity index (χ1n) is 6.67. The summed E-state index contributed by atoms with van der Waals surface area (Å²) in [6, 6.07) is 8.47. The molecule has 1 N–H and O–H groups in total. The van der Waals surface area contributed by atoms with Gasteiger partial charge < -0.3 is 9.73 Å². The van der Waals surface area contributed by atoms with Gasteiger partial charge in [-0.1, -0.05) is 25.1 Å². The van der Waals surface area contributed by atoms with Crippen molar-refractivity contribution >= 4 is 15.9 Å². The van der Waals surface area contributed by atoms with Crippen LogP contribution < -0.4 is 5.32 Å². The first kappa shape index (κ1) is 14.4. The van der Waals surface area contributed by atoms with Crippen LogP contribution in [0.1, 0.15) is 41.8 Å². The van der Waals surface area contributed by atoms with E-state index in [4.69, 9.17) is 4.42 Å². The van der Waals surface area contributed by atoms with Crippen molar-refractivity contribution in [2.45, 2.75) is 33.2 Å². The van der Waals surface area contributed by atoms with Crippen LogP contribution in [0.5, 0.6) is 0 Å². The maximum atomic E-state index is 5.66. The molecule has 0 fully saturated rings. The third-order valence-corrected chi connectivity index (χ3v) is 4.12. The largest absolute Gasteiger partial charge is 0.466 e. The highest BCUT2D eigenvalue weighted by Gasteiger charge is 2.21. The van der Waals surface area contributed by atoms with Crippen molar-refractivity contribution in [2.75, 3.05) is 6.54 Å². The SMILES string of the molecule is CCCNC(c1cccc(C)c1C)c1occc1Br. The molecule has 0 aliphatic carbocycles. The van der Waals surface area contributed by atoms with Gasteiger partial charge in [-0.25, -0.2) is 0 Å². The predicted molar refractivity (Wildman–Crippen MR) is 82.5 cm³/mol. The van der Waals surface area contributed by atoms with Crippen molar-refractivity contribution in [1.82, 2.24) is 5.32 Å². The summed E-state index contributed by atoms with van der Waals surface area (Å²) >= 11 is 3.57. The van der Waals surface area contributed by atoms with E-state index in [-0.39, 0.29) is 6.04 Å². The molecule has 0 aliphatic heterocycles. The number of benzene rings is 1. The summed E-state index contributed by atoms with van der Waals surface area (Å²) in [7, 11) is 0. The van der Waals surface area contributed by atoms with E-state index in [1.165, 1.54) is 16.7 Å². The van der Waals surface area contributed by atoms with E-state index in [0.717, 1.165) is 23.2 Å². The summed E-state index contributed by atoms with van der Waals surface area (Å²) < 4.78 is 6.68. The normalized spacial score (nSPS) is 12.6. The summed E-state index contributed by atoms with van der Waals surface area (Å²) in [5, 5.41) is 3.57. The molecule has 0 bridgehead atoms. The first-order valence-corrected chi connectivity index (χ1v) is 7.46. The highest BCUT2D eigenvalue weighted by Crippen LogP contribution is 2.32. The maximum absolute atomic E-state index is 5.66. The molecule has 19 heavy (non-hydrogen) atoms. The fourth-order valence-electron chi connectivity index (χ4n) is 2.23. The average molecular weight is 322 g/mol. The van der Waals surface area contributed by atoms with Gasteiger partial charge in [0.25, 0.3) is 0 Å². The maximum Gasteiger partial charge on any atom is 0.139 e. The van der Waals surface area contributed by atoms with Crippen LogP contribution in [0.2, 0.25) is 0 Å². The molecular weight excluding hydrogens is 302 g/mol. The number of rotatable bonds is 5. The van der Waals surface area contributed by atoms with Gasteiger partial charge in [0, 0.05) is 0 Å². The van der Waals surface area contributed by atoms with E-state index in [0.29, 0.717) is 0 Å². The van der Waals surface area contributed by atoms with Gasteiger partial charge in [0.05, 0.1) is 16.8 Å². The zero-order chi connectivity index (χ0) is 13.8. The Morgan fingerprint density at radius 2 is 2.05 bits per heavy atom. The van der Waals surface area contributed by atoms with Gasteiger partial charge >= 0.3 is 0 Å². The standard InChI is InChI=1S/C16H20BrNO/c1-4-9-18-15(16-14(17)8-10-19-16)13-7-5-6-11(2)12(13)3/h5-8,10,15,18H,4,9H2,1-3H3. The van der Waals surface area contributed by atoms with Gasteiger partial charge in [-0.15, -0.1) is 0 Å². The molecule has 0 amide bonds. The second-order valence-corrected chi connectivity index (χ2v) is 5.66. The van der Waals surface area contributed by atoms with Crippen molar-refractivity contribution < 1.29 is 4.42 Å². The van der Waals surface area contributed by atoms with E-state index in [1.54, 1.807) is 6.26 Å². The number of furan rings is 1. The lowest BCUT2D eigenvalue weighted by Crippen LogP contribution is -2.24. The summed E-state index contributed by atoms with van der Waals surface area (Å²) in [6.45, 7) is 7.45. The lowest BCUT2D eigenvalue weighted by Gasteiger charge is -2.20. The summed E-state index contributed by atoms with van der Waals surface area (Å²) in [4.78, 5) is 0. The van der Waals surface area contributed by atoms with Gasteiger partial charge in [-0.2, -0.15) is 0 Å². The number of hydrogen-bond acceptors (Lipinski definition) is 2. The molecule has 1 atom stereocenters. The molecule has 0 radical (unpaired) electrons. The zero-order valence-electron chi connectivity index (χ0n) is 11.7. The zero-order valence-corrected chi connectivity index (χ0v) is 13.3. The topological polar surface area (TPSA) is 25.2 Å². The Morgan fingerprint density at radius 1 is 1.26 bits per heavy atom. The molecular formula is C16H20BrNO. The molecule has 1 unspecified atom stereocenters. The molecule has 0 aliphatic rings. The predicted octanol–water partition coefficient (Wildman–Crippen LogP) is 4.75. The minimum atomic E-state index is 0.101.